The maximum absolute atomic E-state index is 11.9. The Kier molecular flexibility index (Phi) is 8.47. The number of hydrogen-bond acceptors (Lipinski definition) is 6. The van der Waals surface area contributed by atoms with E-state index < -0.39 is 0 Å². The summed E-state index contributed by atoms with van der Waals surface area (Å²) < 4.78 is 21.9. The largest absolute Gasteiger partial charge is 0.494 e. The minimum atomic E-state index is -0.276. The fourth-order valence-corrected chi connectivity index (χ4v) is 2.32. The average Bonchev–Trinajstić information content (AvgIpc) is 2.72. The number of nitrogens with zero attached hydrogens (tertiary/aromatic N) is 1. The minimum Gasteiger partial charge on any atom is -0.494 e. The summed E-state index contributed by atoms with van der Waals surface area (Å²) in [6, 6.07) is 14.1. The SMILES string of the molecule is CCOc1ccc(OCCNC(=O)COc2ccc(C#N)cc2OCC)cc1. The van der Waals surface area contributed by atoms with Crippen LogP contribution in [0, 0.1) is 11.3 Å². The molecule has 148 valence electrons. The van der Waals surface area contributed by atoms with E-state index in [0.29, 0.717) is 49.2 Å². The van der Waals surface area contributed by atoms with Crippen LogP contribution < -0.4 is 24.3 Å². The molecule has 7 heteroatoms. The first kappa shape index (κ1) is 20.9. The first-order valence-corrected chi connectivity index (χ1v) is 9.08. The monoisotopic (exact) mass is 384 g/mol. The smallest absolute Gasteiger partial charge is 0.258 e. The summed E-state index contributed by atoms with van der Waals surface area (Å²) in [7, 11) is 0. The molecule has 0 saturated carbocycles. The van der Waals surface area contributed by atoms with Crippen molar-refractivity contribution in [3.05, 3.63) is 48.0 Å². The average molecular weight is 384 g/mol. The molecule has 0 heterocycles. The topological polar surface area (TPSA) is 89.8 Å². The van der Waals surface area contributed by atoms with Crippen molar-refractivity contribution >= 4 is 5.91 Å². The van der Waals surface area contributed by atoms with Crippen LogP contribution in [0.15, 0.2) is 42.5 Å². The molecule has 0 bridgehead atoms. The maximum Gasteiger partial charge on any atom is 0.258 e. The molecule has 0 saturated heterocycles. The van der Waals surface area contributed by atoms with Gasteiger partial charge in [0, 0.05) is 6.07 Å². The molecule has 0 atom stereocenters. The molecule has 1 amide bonds. The minimum absolute atomic E-state index is 0.158. The summed E-state index contributed by atoms with van der Waals surface area (Å²) in [6.07, 6.45) is 0. The Morgan fingerprint density at radius 2 is 1.61 bits per heavy atom. The molecule has 2 aromatic rings. The highest BCUT2D eigenvalue weighted by Gasteiger charge is 2.09. The number of nitriles is 1. The summed E-state index contributed by atoms with van der Waals surface area (Å²) in [4.78, 5) is 11.9. The van der Waals surface area contributed by atoms with E-state index in [1.54, 1.807) is 18.2 Å². The molecule has 0 aliphatic heterocycles. The van der Waals surface area contributed by atoms with Crippen molar-refractivity contribution in [2.75, 3.05) is 33.0 Å². The van der Waals surface area contributed by atoms with E-state index >= 15 is 0 Å². The molecule has 0 aromatic heterocycles. The molecule has 28 heavy (non-hydrogen) atoms. The Labute approximate surface area is 164 Å². The van der Waals surface area contributed by atoms with E-state index in [-0.39, 0.29) is 12.5 Å². The van der Waals surface area contributed by atoms with Crippen LogP contribution in [-0.2, 0) is 4.79 Å². The number of amides is 1. The third-order valence-electron chi connectivity index (χ3n) is 3.56. The van der Waals surface area contributed by atoms with Crippen LogP contribution in [0.4, 0.5) is 0 Å². The first-order valence-electron chi connectivity index (χ1n) is 9.08. The highest BCUT2D eigenvalue weighted by atomic mass is 16.5. The molecule has 1 N–H and O–H groups in total. The predicted octanol–water partition coefficient (Wildman–Crippen LogP) is 2.93. The standard InChI is InChI=1S/C21H24N2O5/c1-3-25-17-6-8-18(9-7-17)27-12-11-23-21(24)15-28-19-10-5-16(14-22)13-20(19)26-4-2/h5-10,13H,3-4,11-12,15H2,1-2H3,(H,23,24). The molecule has 2 rings (SSSR count). The zero-order valence-corrected chi connectivity index (χ0v) is 16.1. The molecular weight excluding hydrogens is 360 g/mol. The van der Waals surface area contributed by atoms with Crippen LogP contribution in [0.5, 0.6) is 23.0 Å². The summed E-state index contributed by atoms with van der Waals surface area (Å²) in [5, 5.41) is 11.7. The number of hydrogen-bond donors (Lipinski definition) is 1. The molecule has 0 aliphatic rings. The van der Waals surface area contributed by atoms with Gasteiger partial charge in [-0.1, -0.05) is 0 Å². The first-order chi connectivity index (χ1) is 13.7. The van der Waals surface area contributed by atoms with E-state index in [0.717, 1.165) is 5.75 Å². The van der Waals surface area contributed by atoms with Crippen molar-refractivity contribution in [3.63, 3.8) is 0 Å². The lowest BCUT2D eigenvalue weighted by molar-refractivity contribution is -0.123. The fourth-order valence-electron chi connectivity index (χ4n) is 2.32. The van der Waals surface area contributed by atoms with Gasteiger partial charge in [-0.15, -0.1) is 0 Å². The van der Waals surface area contributed by atoms with E-state index in [1.807, 2.05) is 44.2 Å². The Morgan fingerprint density at radius 1 is 0.929 bits per heavy atom. The van der Waals surface area contributed by atoms with Crippen LogP contribution in [0.2, 0.25) is 0 Å². The molecule has 7 nitrogen and oxygen atoms in total. The van der Waals surface area contributed by atoms with Crippen molar-refractivity contribution < 1.29 is 23.7 Å². The number of benzene rings is 2. The summed E-state index contributed by atoms with van der Waals surface area (Å²) in [6.45, 7) is 5.33. The quantitative estimate of drug-likeness (QED) is 0.599. The van der Waals surface area contributed by atoms with Gasteiger partial charge in [0.2, 0.25) is 0 Å². The molecule has 0 radical (unpaired) electrons. The number of carbonyl (C=O) groups excluding carboxylic acids is 1. The van der Waals surface area contributed by atoms with Gasteiger partial charge in [0.15, 0.2) is 18.1 Å². The Hall–Kier alpha value is -3.40. The zero-order chi connectivity index (χ0) is 20.2. The number of ether oxygens (including phenoxy) is 4. The Bertz CT molecular complexity index is 799. The molecule has 0 unspecified atom stereocenters. The van der Waals surface area contributed by atoms with Gasteiger partial charge in [0.25, 0.3) is 5.91 Å². The fraction of sp³-hybridized carbons (Fsp3) is 0.333. The van der Waals surface area contributed by atoms with Crippen LogP contribution >= 0.6 is 0 Å². The third kappa shape index (κ3) is 6.72. The van der Waals surface area contributed by atoms with Crippen molar-refractivity contribution in [2.45, 2.75) is 13.8 Å². The second-order valence-electron chi connectivity index (χ2n) is 5.60. The lowest BCUT2D eigenvalue weighted by atomic mass is 10.2. The Balaban J connectivity index is 1.72. The number of rotatable bonds is 11. The number of carbonyl (C=O) groups is 1. The van der Waals surface area contributed by atoms with Gasteiger partial charge in [-0.05, 0) is 50.2 Å². The summed E-state index contributed by atoms with van der Waals surface area (Å²) in [5.41, 5.74) is 0.465. The van der Waals surface area contributed by atoms with Crippen LogP contribution in [0.1, 0.15) is 19.4 Å². The van der Waals surface area contributed by atoms with Gasteiger partial charge in [-0.2, -0.15) is 5.26 Å². The third-order valence-corrected chi connectivity index (χ3v) is 3.56. The number of nitrogens with one attached hydrogen (secondary N) is 1. The van der Waals surface area contributed by atoms with Gasteiger partial charge in [0.05, 0.1) is 31.4 Å². The highest BCUT2D eigenvalue weighted by molar-refractivity contribution is 5.77. The molecular formula is C21H24N2O5. The zero-order valence-electron chi connectivity index (χ0n) is 16.1. The lowest BCUT2D eigenvalue weighted by Crippen LogP contribution is -2.32. The molecule has 0 spiro atoms. The van der Waals surface area contributed by atoms with Crippen LogP contribution in [0.25, 0.3) is 0 Å². The Morgan fingerprint density at radius 3 is 2.25 bits per heavy atom. The summed E-state index contributed by atoms with van der Waals surface area (Å²) in [5.74, 6) is 2.07. The van der Waals surface area contributed by atoms with Gasteiger partial charge >= 0.3 is 0 Å². The normalized spacial score (nSPS) is 9.89. The van der Waals surface area contributed by atoms with Crippen LogP contribution in [0.3, 0.4) is 0 Å². The van der Waals surface area contributed by atoms with Crippen molar-refractivity contribution in [3.8, 4) is 29.1 Å². The van der Waals surface area contributed by atoms with Crippen LogP contribution in [-0.4, -0.2) is 38.9 Å². The van der Waals surface area contributed by atoms with Crippen molar-refractivity contribution in [1.82, 2.24) is 5.32 Å². The van der Waals surface area contributed by atoms with Gasteiger partial charge in [0.1, 0.15) is 18.1 Å². The van der Waals surface area contributed by atoms with Gasteiger partial charge in [-0.25, -0.2) is 0 Å². The van der Waals surface area contributed by atoms with Gasteiger partial charge < -0.3 is 24.3 Å². The predicted molar refractivity (Wildman–Crippen MR) is 104 cm³/mol. The van der Waals surface area contributed by atoms with E-state index in [2.05, 4.69) is 5.32 Å². The second-order valence-corrected chi connectivity index (χ2v) is 5.60. The maximum atomic E-state index is 11.9. The highest BCUT2D eigenvalue weighted by Crippen LogP contribution is 2.28. The van der Waals surface area contributed by atoms with Gasteiger partial charge in [-0.3, -0.25) is 4.79 Å². The van der Waals surface area contributed by atoms with Crippen molar-refractivity contribution in [2.24, 2.45) is 0 Å². The second kappa shape index (κ2) is 11.3. The molecule has 0 aliphatic carbocycles. The van der Waals surface area contributed by atoms with E-state index in [1.165, 1.54) is 0 Å². The molecule has 2 aromatic carbocycles. The van der Waals surface area contributed by atoms with Crippen molar-refractivity contribution in [1.29, 1.82) is 5.26 Å². The molecule has 0 fully saturated rings. The van der Waals surface area contributed by atoms with E-state index in [9.17, 15) is 4.79 Å². The summed E-state index contributed by atoms with van der Waals surface area (Å²) >= 11 is 0. The lowest BCUT2D eigenvalue weighted by Gasteiger charge is -2.12. The van der Waals surface area contributed by atoms with E-state index in [4.69, 9.17) is 24.2 Å².